The molecule has 1 amide bonds. The molecule has 0 aliphatic heterocycles. The van der Waals surface area contributed by atoms with Crippen LogP contribution in [0.25, 0.3) is 0 Å². The number of hydrogen-bond acceptors (Lipinski definition) is 3. The third kappa shape index (κ3) is 6.42. The molecule has 0 aromatic carbocycles. The predicted molar refractivity (Wildman–Crippen MR) is 79.4 cm³/mol. The summed E-state index contributed by atoms with van der Waals surface area (Å²) < 4.78 is 0. The van der Waals surface area contributed by atoms with Gasteiger partial charge in [0.1, 0.15) is 0 Å². The maximum atomic E-state index is 11.8. The number of thiophene rings is 1. The number of amides is 1. The van der Waals surface area contributed by atoms with Gasteiger partial charge in [-0.05, 0) is 18.6 Å². The van der Waals surface area contributed by atoms with Crippen LogP contribution in [-0.4, -0.2) is 24.2 Å². The third-order valence-electron chi connectivity index (χ3n) is 2.59. The molecule has 1 rings (SSSR count). The number of aliphatic hydroxyl groups excluding tert-OH is 1. The Hall–Kier alpha value is -1.31. The molecule has 0 aliphatic carbocycles. The molecule has 3 nitrogen and oxygen atoms in total. The summed E-state index contributed by atoms with van der Waals surface area (Å²) in [5.41, 5.74) is 0. The minimum atomic E-state index is -0.0169. The van der Waals surface area contributed by atoms with Gasteiger partial charge in [0.2, 0.25) is 0 Å². The van der Waals surface area contributed by atoms with Crippen LogP contribution in [0.3, 0.4) is 0 Å². The number of hydrogen-bond donors (Lipinski definition) is 2. The second-order valence-electron chi connectivity index (χ2n) is 4.26. The highest BCUT2D eigenvalue weighted by Crippen LogP contribution is 2.15. The van der Waals surface area contributed by atoms with E-state index in [1.165, 1.54) is 30.6 Å². The van der Waals surface area contributed by atoms with Crippen molar-refractivity contribution in [1.29, 1.82) is 0 Å². The van der Waals surface area contributed by atoms with Crippen molar-refractivity contribution < 1.29 is 9.90 Å². The molecule has 0 fully saturated rings. The SMILES string of the molecule is CCCCCCNC(=O)c1ccc(C#CCCO)s1. The fraction of sp³-hybridized carbons (Fsp3) is 0.533. The van der Waals surface area contributed by atoms with Gasteiger partial charge in [-0.3, -0.25) is 4.79 Å². The van der Waals surface area contributed by atoms with E-state index in [0.29, 0.717) is 11.3 Å². The molecule has 0 unspecified atom stereocenters. The molecular formula is C15H21NO2S. The summed E-state index contributed by atoms with van der Waals surface area (Å²) >= 11 is 1.39. The Morgan fingerprint density at radius 2 is 2.21 bits per heavy atom. The molecule has 0 atom stereocenters. The highest BCUT2D eigenvalue weighted by atomic mass is 32.1. The van der Waals surface area contributed by atoms with Gasteiger partial charge in [0.05, 0.1) is 16.4 Å². The maximum Gasteiger partial charge on any atom is 0.261 e. The average Bonchev–Trinajstić information content (AvgIpc) is 2.87. The van der Waals surface area contributed by atoms with E-state index in [4.69, 9.17) is 5.11 Å². The predicted octanol–water partition coefficient (Wildman–Crippen LogP) is 2.79. The van der Waals surface area contributed by atoms with Crippen LogP contribution in [-0.2, 0) is 0 Å². The fourth-order valence-corrected chi connectivity index (χ4v) is 2.37. The zero-order valence-corrected chi connectivity index (χ0v) is 12.2. The van der Waals surface area contributed by atoms with Crippen LogP contribution < -0.4 is 5.32 Å². The van der Waals surface area contributed by atoms with E-state index in [-0.39, 0.29) is 12.5 Å². The second kappa shape index (κ2) is 9.60. The van der Waals surface area contributed by atoms with Gasteiger partial charge in [-0.25, -0.2) is 0 Å². The molecule has 1 heterocycles. The van der Waals surface area contributed by atoms with Gasteiger partial charge < -0.3 is 10.4 Å². The quantitative estimate of drug-likeness (QED) is 0.595. The summed E-state index contributed by atoms with van der Waals surface area (Å²) in [6.07, 6.45) is 5.10. The van der Waals surface area contributed by atoms with Crippen LogP contribution in [0.15, 0.2) is 12.1 Å². The molecule has 0 aliphatic rings. The van der Waals surface area contributed by atoms with E-state index >= 15 is 0 Å². The second-order valence-corrected chi connectivity index (χ2v) is 5.34. The van der Waals surface area contributed by atoms with Crippen LogP contribution in [0, 0.1) is 11.8 Å². The zero-order valence-electron chi connectivity index (χ0n) is 11.4. The van der Waals surface area contributed by atoms with Gasteiger partial charge in [-0.1, -0.05) is 38.0 Å². The molecule has 0 spiro atoms. The van der Waals surface area contributed by atoms with Gasteiger partial charge in [0.25, 0.3) is 5.91 Å². The number of aliphatic hydroxyl groups is 1. The molecule has 1 aromatic heterocycles. The summed E-state index contributed by atoms with van der Waals surface area (Å²) in [6.45, 7) is 2.98. The highest BCUT2D eigenvalue weighted by Gasteiger charge is 2.07. The van der Waals surface area contributed by atoms with Crippen LogP contribution in [0.1, 0.15) is 53.6 Å². The van der Waals surface area contributed by atoms with E-state index < -0.39 is 0 Å². The lowest BCUT2D eigenvalue weighted by molar-refractivity contribution is 0.0957. The lowest BCUT2D eigenvalue weighted by Gasteiger charge is -2.02. The van der Waals surface area contributed by atoms with Crippen molar-refractivity contribution in [3.63, 3.8) is 0 Å². The normalized spacial score (nSPS) is 9.79. The molecule has 0 saturated carbocycles. The van der Waals surface area contributed by atoms with Crippen molar-refractivity contribution in [3.05, 3.63) is 21.9 Å². The fourth-order valence-electron chi connectivity index (χ4n) is 1.57. The Labute approximate surface area is 119 Å². The molecular weight excluding hydrogens is 258 g/mol. The number of unbranched alkanes of at least 4 members (excludes halogenated alkanes) is 3. The molecule has 4 heteroatoms. The minimum absolute atomic E-state index is 0.0169. The maximum absolute atomic E-state index is 11.8. The summed E-state index contributed by atoms with van der Waals surface area (Å²) in [5.74, 6) is 5.77. The number of carbonyl (C=O) groups excluding carboxylic acids is 1. The molecule has 104 valence electrons. The topological polar surface area (TPSA) is 49.3 Å². The largest absolute Gasteiger partial charge is 0.395 e. The monoisotopic (exact) mass is 279 g/mol. The van der Waals surface area contributed by atoms with E-state index in [0.717, 1.165) is 17.8 Å². The van der Waals surface area contributed by atoms with Crippen LogP contribution in [0.2, 0.25) is 0 Å². The number of nitrogens with one attached hydrogen (secondary N) is 1. The highest BCUT2D eigenvalue weighted by molar-refractivity contribution is 7.14. The van der Waals surface area contributed by atoms with Crippen LogP contribution in [0.4, 0.5) is 0 Å². The van der Waals surface area contributed by atoms with Gasteiger partial charge in [0.15, 0.2) is 0 Å². The first kappa shape index (κ1) is 15.7. The van der Waals surface area contributed by atoms with Crippen molar-refractivity contribution in [2.24, 2.45) is 0 Å². The van der Waals surface area contributed by atoms with Crippen molar-refractivity contribution in [2.75, 3.05) is 13.2 Å². The van der Waals surface area contributed by atoms with Crippen molar-refractivity contribution in [3.8, 4) is 11.8 Å². The standard InChI is InChI=1S/C15H21NO2S/c1-2-3-4-6-11-16-15(18)14-10-9-13(19-14)8-5-7-12-17/h9-10,17H,2-4,6-7,11-12H2,1H3,(H,16,18). The molecule has 19 heavy (non-hydrogen) atoms. The number of carbonyl (C=O) groups is 1. The lowest BCUT2D eigenvalue weighted by atomic mass is 10.2. The van der Waals surface area contributed by atoms with E-state index in [1.54, 1.807) is 6.07 Å². The minimum Gasteiger partial charge on any atom is -0.395 e. The molecule has 0 radical (unpaired) electrons. The lowest BCUT2D eigenvalue weighted by Crippen LogP contribution is -2.23. The molecule has 2 N–H and O–H groups in total. The average molecular weight is 279 g/mol. The third-order valence-corrected chi connectivity index (χ3v) is 3.59. The van der Waals surface area contributed by atoms with Crippen LogP contribution in [0.5, 0.6) is 0 Å². The summed E-state index contributed by atoms with van der Waals surface area (Å²) in [7, 11) is 0. The summed E-state index contributed by atoms with van der Waals surface area (Å²) in [5, 5.41) is 11.6. The Morgan fingerprint density at radius 3 is 2.95 bits per heavy atom. The van der Waals surface area contributed by atoms with Gasteiger partial charge in [-0.2, -0.15) is 0 Å². The van der Waals surface area contributed by atoms with E-state index in [1.807, 2.05) is 6.07 Å². The zero-order chi connectivity index (χ0) is 13.9. The summed E-state index contributed by atoms with van der Waals surface area (Å²) in [6, 6.07) is 3.65. The Kier molecular flexibility index (Phi) is 7.95. The first-order valence-corrected chi connectivity index (χ1v) is 7.57. The first-order valence-electron chi connectivity index (χ1n) is 6.75. The van der Waals surface area contributed by atoms with Crippen LogP contribution >= 0.6 is 11.3 Å². The Balaban J connectivity index is 2.35. The Morgan fingerprint density at radius 1 is 1.37 bits per heavy atom. The van der Waals surface area contributed by atoms with E-state index in [2.05, 4.69) is 24.1 Å². The van der Waals surface area contributed by atoms with Gasteiger partial charge >= 0.3 is 0 Å². The van der Waals surface area contributed by atoms with Gasteiger partial charge in [0, 0.05) is 13.0 Å². The smallest absolute Gasteiger partial charge is 0.261 e. The van der Waals surface area contributed by atoms with Crippen molar-refractivity contribution >= 4 is 17.2 Å². The first-order chi connectivity index (χ1) is 9.27. The molecule has 1 aromatic rings. The van der Waals surface area contributed by atoms with Crippen molar-refractivity contribution in [2.45, 2.75) is 39.0 Å². The van der Waals surface area contributed by atoms with Crippen molar-refractivity contribution in [1.82, 2.24) is 5.32 Å². The van der Waals surface area contributed by atoms with E-state index in [9.17, 15) is 4.79 Å². The number of rotatable bonds is 7. The summed E-state index contributed by atoms with van der Waals surface area (Å²) in [4.78, 5) is 13.4. The van der Waals surface area contributed by atoms with Gasteiger partial charge in [-0.15, -0.1) is 11.3 Å². The Bertz CT molecular complexity index is 442. The molecule has 0 saturated heterocycles. The molecule has 0 bridgehead atoms.